The Bertz CT molecular complexity index is 1320. The average molecular weight is 573 g/mol. The quantitative estimate of drug-likeness (QED) is 0.236. The highest BCUT2D eigenvalue weighted by Crippen LogP contribution is 2.55. The summed E-state index contributed by atoms with van der Waals surface area (Å²) >= 11 is 6.18. The van der Waals surface area contributed by atoms with Crippen LogP contribution >= 0.6 is 26.8 Å². The standard InChI is InChI=1S/C18H21ClF2N4O9P2/c19-15-10(5-22)12(24-4-2-18(20,21)7-24)9-1-3-25(16(9)23-15)17-14(27)13(26)11(34-17)6-33-36(31,32)8-35(28,29)30/h1,3,11,13-14,17,26-27H,2,4,6-8H2,(H,31,32)(H2,28,29,30)/t11-,13-,14-,17-/m1/s1. The zero-order chi connectivity index (χ0) is 26.6. The molecule has 0 aromatic carbocycles. The number of rotatable bonds is 7. The molecule has 2 aromatic rings. The van der Waals surface area contributed by atoms with E-state index in [0.29, 0.717) is 0 Å². The van der Waals surface area contributed by atoms with Crippen molar-refractivity contribution >= 4 is 43.5 Å². The van der Waals surface area contributed by atoms with Crippen LogP contribution in [0.25, 0.3) is 11.0 Å². The lowest BCUT2D eigenvalue weighted by molar-refractivity contribution is -0.0481. The van der Waals surface area contributed by atoms with E-state index in [1.54, 1.807) is 0 Å². The van der Waals surface area contributed by atoms with Gasteiger partial charge in [0.05, 0.1) is 18.8 Å². The highest BCUT2D eigenvalue weighted by molar-refractivity contribution is 7.70. The summed E-state index contributed by atoms with van der Waals surface area (Å²) in [7, 11) is -9.63. The largest absolute Gasteiger partial charge is 0.387 e. The van der Waals surface area contributed by atoms with Crippen LogP contribution in [0.3, 0.4) is 0 Å². The maximum absolute atomic E-state index is 13.9. The Morgan fingerprint density at radius 1 is 1.31 bits per heavy atom. The van der Waals surface area contributed by atoms with Gasteiger partial charge in [0.25, 0.3) is 5.92 Å². The van der Waals surface area contributed by atoms with Crippen LogP contribution in [0.1, 0.15) is 18.2 Å². The van der Waals surface area contributed by atoms with Crippen LogP contribution in [-0.2, 0) is 18.4 Å². The molecule has 2 aliphatic heterocycles. The van der Waals surface area contributed by atoms with Crippen molar-refractivity contribution in [3.8, 4) is 6.07 Å². The van der Waals surface area contributed by atoms with E-state index < -0.39 is 71.1 Å². The summed E-state index contributed by atoms with van der Waals surface area (Å²) in [4.78, 5) is 32.9. The molecule has 13 nitrogen and oxygen atoms in total. The van der Waals surface area contributed by atoms with E-state index in [2.05, 4.69) is 9.51 Å². The van der Waals surface area contributed by atoms with Gasteiger partial charge in [0.1, 0.15) is 35.6 Å². The third-order valence-corrected chi connectivity index (χ3v) is 9.53. The molecule has 0 saturated carbocycles. The lowest BCUT2D eigenvalue weighted by Gasteiger charge is -2.22. The highest BCUT2D eigenvalue weighted by atomic mass is 35.5. The van der Waals surface area contributed by atoms with Gasteiger partial charge in [-0.25, -0.2) is 13.8 Å². The maximum atomic E-state index is 13.9. The number of aliphatic hydroxyl groups excluding tert-OH is 2. The second-order valence-electron chi connectivity index (χ2n) is 8.51. The number of nitriles is 1. The molecule has 2 saturated heterocycles. The fourth-order valence-corrected chi connectivity index (χ4v) is 7.02. The molecule has 2 fully saturated rings. The van der Waals surface area contributed by atoms with Crippen molar-refractivity contribution in [1.82, 2.24) is 9.55 Å². The van der Waals surface area contributed by atoms with Crippen LogP contribution in [0.15, 0.2) is 12.3 Å². The summed E-state index contributed by atoms with van der Waals surface area (Å²) in [5.74, 6) is -4.41. The second kappa shape index (κ2) is 9.56. The van der Waals surface area contributed by atoms with E-state index in [-0.39, 0.29) is 34.0 Å². The SMILES string of the molecule is N#Cc1c(Cl)nc2c(ccn2[C@@H]2O[C@H](COP(=O)(O)CP(=O)(O)O)[C@@H](O)[C@H]2O)c1N1CCC(F)(F)C1. The van der Waals surface area contributed by atoms with Crippen LogP contribution in [0.2, 0.25) is 5.15 Å². The van der Waals surface area contributed by atoms with Gasteiger partial charge < -0.3 is 43.6 Å². The van der Waals surface area contributed by atoms with Gasteiger partial charge in [0.15, 0.2) is 17.3 Å². The second-order valence-corrected chi connectivity index (χ2v) is 12.9. The van der Waals surface area contributed by atoms with Crippen molar-refractivity contribution in [1.29, 1.82) is 5.26 Å². The van der Waals surface area contributed by atoms with Gasteiger partial charge in [-0.3, -0.25) is 9.13 Å². The van der Waals surface area contributed by atoms with Crippen molar-refractivity contribution < 1.29 is 52.1 Å². The van der Waals surface area contributed by atoms with Gasteiger partial charge >= 0.3 is 15.2 Å². The third kappa shape index (κ3) is 5.44. The molecule has 5 atom stereocenters. The topological polar surface area (TPSA) is 199 Å². The minimum absolute atomic E-state index is 0.0428. The first-order valence-electron chi connectivity index (χ1n) is 10.4. The number of anilines is 1. The molecule has 0 radical (unpaired) electrons. The molecule has 198 valence electrons. The number of fused-ring (bicyclic) bond motifs is 1. The lowest BCUT2D eigenvalue weighted by atomic mass is 10.1. The summed E-state index contributed by atoms with van der Waals surface area (Å²) in [6, 6.07) is 3.33. The Balaban J connectivity index is 1.63. The van der Waals surface area contributed by atoms with E-state index in [4.69, 9.17) is 26.1 Å². The fraction of sp³-hybridized carbons (Fsp3) is 0.556. The van der Waals surface area contributed by atoms with Crippen LogP contribution < -0.4 is 4.90 Å². The van der Waals surface area contributed by atoms with Gasteiger partial charge in [-0.05, 0) is 6.07 Å². The van der Waals surface area contributed by atoms with Crippen molar-refractivity contribution in [3.05, 3.63) is 23.0 Å². The maximum Gasteiger partial charge on any atom is 0.340 e. The molecule has 0 bridgehead atoms. The molecule has 4 heterocycles. The van der Waals surface area contributed by atoms with Gasteiger partial charge in [0.2, 0.25) is 0 Å². The van der Waals surface area contributed by atoms with Crippen LogP contribution in [-0.4, -0.2) is 84.3 Å². The summed E-state index contributed by atoms with van der Waals surface area (Å²) in [5, 5.41) is 30.5. The van der Waals surface area contributed by atoms with Gasteiger partial charge in [0, 0.05) is 24.5 Å². The number of hydrogen-bond donors (Lipinski definition) is 5. The molecular weight excluding hydrogens is 552 g/mol. The number of aromatic nitrogens is 2. The molecule has 4 rings (SSSR count). The molecule has 18 heteroatoms. The van der Waals surface area contributed by atoms with E-state index in [0.717, 1.165) is 0 Å². The Morgan fingerprint density at radius 2 is 2.00 bits per heavy atom. The molecule has 0 aliphatic carbocycles. The van der Waals surface area contributed by atoms with Crippen molar-refractivity contribution in [3.63, 3.8) is 0 Å². The Labute approximate surface area is 207 Å². The zero-order valence-electron chi connectivity index (χ0n) is 18.2. The molecule has 5 N–H and O–H groups in total. The summed E-state index contributed by atoms with van der Waals surface area (Å²) in [6.07, 6.45) is -5.03. The van der Waals surface area contributed by atoms with Gasteiger partial charge in [-0.1, -0.05) is 11.6 Å². The summed E-state index contributed by atoms with van der Waals surface area (Å²) in [5.41, 5.74) is 0.0777. The smallest absolute Gasteiger partial charge is 0.340 e. The lowest BCUT2D eigenvalue weighted by Crippen LogP contribution is -2.33. The van der Waals surface area contributed by atoms with Gasteiger partial charge in [-0.2, -0.15) is 5.26 Å². The van der Waals surface area contributed by atoms with E-state index in [1.165, 1.54) is 21.7 Å². The molecule has 1 unspecified atom stereocenters. The predicted molar refractivity (Wildman–Crippen MR) is 120 cm³/mol. The van der Waals surface area contributed by atoms with E-state index >= 15 is 0 Å². The number of aliphatic hydroxyl groups is 2. The molecule has 0 amide bonds. The molecule has 36 heavy (non-hydrogen) atoms. The normalized spacial score (nSPS) is 27.9. The Kier molecular flexibility index (Phi) is 7.26. The fourth-order valence-electron chi connectivity index (χ4n) is 4.24. The number of pyridine rings is 1. The zero-order valence-corrected chi connectivity index (χ0v) is 20.7. The Hall–Kier alpha value is -1.69. The number of alkyl halides is 2. The van der Waals surface area contributed by atoms with Crippen LogP contribution in [0.5, 0.6) is 0 Å². The van der Waals surface area contributed by atoms with Crippen molar-refractivity contribution in [2.45, 2.75) is 36.9 Å². The van der Waals surface area contributed by atoms with Crippen LogP contribution in [0, 0.1) is 11.3 Å². The van der Waals surface area contributed by atoms with E-state index in [9.17, 15) is 38.3 Å². The molecule has 0 spiro atoms. The minimum atomic E-state index is -4.88. The first-order valence-corrected chi connectivity index (χ1v) is 14.3. The average Bonchev–Trinajstić information content (AvgIpc) is 3.40. The number of halogens is 3. The first kappa shape index (κ1) is 27.3. The summed E-state index contributed by atoms with van der Waals surface area (Å²) in [6.45, 7) is -1.47. The van der Waals surface area contributed by atoms with Gasteiger partial charge in [-0.15, -0.1) is 0 Å². The number of ether oxygens (including phenoxy) is 1. The predicted octanol–water partition coefficient (Wildman–Crippen LogP) is 1.36. The Morgan fingerprint density at radius 3 is 2.58 bits per heavy atom. The highest BCUT2D eigenvalue weighted by Gasteiger charge is 2.46. The van der Waals surface area contributed by atoms with E-state index in [1.807, 2.05) is 6.07 Å². The summed E-state index contributed by atoms with van der Waals surface area (Å²) < 4.78 is 62.2. The number of nitrogens with zero attached hydrogens (tertiary/aromatic N) is 4. The molecule has 2 aromatic heterocycles. The number of hydrogen-bond acceptors (Lipinski definition) is 9. The van der Waals surface area contributed by atoms with Crippen LogP contribution in [0.4, 0.5) is 14.5 Å². The minimum Gasteiger partial charge on any atom is -0.387 e. The molecular formula is C18H21ClF2N4O9P2. The monoisotopic (exact) mass is 572 g/mol. The van der Waals surface area contributed by atoms with Crippen molar-refractivity contribution in [2.75, 3.05) is 30.5 Å². The first-order chi connectivity index (χ1) is 16.6. The van der Waals surface area contributed by atoms with Crippen molar-refractivity contribution in [2.24, 2.45) is 0 Å². The third-order valence-electron chi connectivity index (χ3n) is 5.80. The molecule has 2 aliphatic rings.